The molecule has 0 aliphatic carbocycles. The van der Waals surface area contributed by atoms with E-state index < -0.39 is 6.61 Å². The van der Waals surface area contributed by atoms with Crippen molar-refractivity contribution >= 4 is 0 Å². The van der Waals surface area contributed by atoms with Gasteiger partial charge in [0.05, 0.1) is 0 Å². The molecular weight excluding hydrogens is 274 g/mol. The van der Waals surface area contributed by atoms with Crippen molar-refractivity contribution < 1.29 is 13.5 Å². The molecule has 0 saturated heterocycles. The number of unbranched alkanes of at least 4 members (excludes halogenated alkanes) is 1. The highest BCUT2D eigenvalue weighted by Gasteiger charge is 2.08. The molecule has 3 nitrogen and oxygen atoms in total. The topological polar surface area (TPSA) is 24.5 Å². The lowest BCUT2D eigenvalue weighted by atomic mass is 10.2. The minimum absolute atomic E-state index is 0.250. The number of rotatable bonds is 10. The van der Waals surface area contributed by atoms with Gasteiger partial charge in [0.2, 0.25) is 0 Å². The highest BCUT2D eigenvalue weighted by atomic mass is 19.3. The van der Waals surface area contributed by atoms with Gasteiger partial charge in [-0.25, -0.2) is 0 Å². The first-order valence-electron chi connectivity index (χ1n) is 7.44. The Morgan fingerprint density at radius 1 is 1.19 bits per heavy atom. The molecule has 1 rings (SSSR count). The van der Waals surface area contributed by atoms with Gasteiger partial charge < -0.3 is 15.0 Å². The zero-order chi connectivity index (χ0) is 15.7. The molecule has 5 heteroatoms. The predicted octanol–water partition coefficient (Wildman–Crippen LogP) is 3.50. The maximum absolute atomic E-state index is 12.3. The second-order valence-electron chi connectivity index (χ2n) is 5.44. The Morgan fingerprint density at radius 3 is 2.57 bits per heavy atom. The van der Waals surface area contributed by atoms with E-state index in [-0.39, 0.29) is 5.75 Å². The first-order chi connectivity index (χ1) is 10.0. The van der Waals surface area contributed by atoms with Gasteiger partial charge in [-0.3, -0.25) is 0 Å². The predicted molar refractivity (Wildman–Crippen MR) is 81.8 cm³/mol. The molecule has 0 atom stereocenters. The van der Waals surface area contributed by atoms with Gasteiger partial charge in [0.25, 0.3) is 0 Å². The number of halogens is 2. The van der Waals surface area contributed by atoms with Crippen molar-refractivity contribution in [3.8, 4) is 5.75 Å². The molecule has 120 valence electrons. The molecule has 1 aromatic rings. The summed E-state index contributed by atoms with van der Waals surface area (Å²) in [6.45, 7) is 4.07. The summed E-state index contributed by atoms with van der Waals surface area (Å²) in [5, 5.41) is 3.27. The second-order valence-corrected chi connectivity index (χ2v) is 5.44. The fourth-order valence-electron chi connectivity index (χ4n) is 1.95. The van der Waals surface area contributed by atoms with E-state index in [1.807, 2.05) is 6.07 Å². The van der Waals surface area contributed by atoms with Gasteiger partial charge >= 0.3 is 6.61 Å². The number of ether oxygens (including phenoxy) is 1. The summed E-state index contributed by atoms with van der Waals surface area (Å²) < 4.78 is 29.1. The Bertz CT molecular complexity index is 400. The summed E-state index contributed by atoms with van der Waals surface area (Å²) in [6.07, 6.45) is 2.19. The summed E-state index contributed by atoms with van der Waals surface area (Å²) in [5.41, 5.74) is 0.761. The molecule has 0 aromatic heterocycles. The number of para-hydroxylation sites is 1. The monoisotopic (exact) mass is 300 g/mol. The lowest BCUT2D eigenvalue weighted by Gasteiger charge is -2.20. The Balaban J connectivity index is 2.24. The average molecular weight is 300 g/mol. The molecule has 21 heavy (non-hydrogen) atoms. The quantitative estimate of drug-likeness (QED) is 0.669. The summed E-state index contributed by atoms with van der Waals surface area (Å²) >= 11 is 0. The van der Waals surface area contributed by atoms with Crippen LogP contribution in [0.1, 0.15) is 32.3 Å². The Hall–Kier alpha value is -1.20. The van der Waals surface area contributed by atoms with E-state index in [2.05, 4.69) is 35.8 Å². The Labute approximate surface area is 126 Å². The second kappa shape index (κ2) is 9.68. The molecule has 1 N–H and O–H groups in total. The van der Waals surface area contributed by atoms with Crippen molar-refractivity contribution in [1.29, 1.82) is 0 Å². The van der Waals surface area contributed by atoms with E-state index in [1.165, 1.54) is 0 Å². The van der Waals surface area contributed by atoms with Crippen LogP contribution in [-0.2, 0) is 6.54 Å². The molecule has 0 radical (unpaired) electrons. The molecule has 0 bridgehead atoms. The molecule has 0 spiro atoms. The van der Waals surface area contributed by atoms with Crippen LogP contribution in [0.5, 0.6) is 5.75 Å². The summed E-state index contributed by atoms with van der Waals surface area (Å²) in [7, 11) is 2.12. The van der Waals surface area contributed by atoms with Gasteiger partial charge in [-0.2, -0.15) is 8.78 Å². The lowest BCUT2D eigenvalue weighted by molar-refractivity contribution is -0.0504. The van der Waals surface area contributed by atoms with E-state index in [4.69, 9.17) is 0 Å². The number of nitrogens with one attached hydrogen (secondary N) is 1. The Morgan fingerprint density at radius 2 is 1.90 bits per heavy atom. The molecule has 0 unspecified atom stereocenters. The minimum atomic E-state index is -2.78. The molecule has 0 saturated carbocycles. The molecule has 0 aliphatic heterocycles. The van der Waals surface area contributed by atoms with Crippen molar-refractivity contribution in [3.63, 3.8) is 0 Å². The minimum Gasteiger partial charge on any atom is -0.434 e. The summed E-state index contributed by atoms with van der Waals surface area (Å²) in [4.78, 5) is 2.31. The SMILES string of the molecule is CC(C)N(C)CCCCNCc1ccccc1OC(F)F. The van der Waals surface area contributed by atoms with Gasteiger partial charge in [0, 0.05) is 18.2 Å². The zero-order valence-electron chi connectivity index (χ0n) is 13.1. The van der Waals surface area contributed by atoms with Crippen LogP contribution in [-0.4, -0.2) is 37.7 Å². The van der Waals surface area contributed by atoms with Crippen LogP contribution in [0, 0.1) is 0 Å². The third-order valence-corrected chi connectivity index (χ3v) is 3.50. The zero-order valence-corrected chi connectivity index (χ0v) is 13.1. The van der Waals surface area contributed by atoms with Crippen molar-refractivity contribution in [1.82, 2.24) is 10.2 Å². The van der Waals surface area contributed by atoms with Crippen LogP contribution in [0.25, 0.3) is 0 Å². The lowest BCUT2D eigenvalue weighted by Crippen LogP contribution is -2.27. The number of benzene rings is 1. The summed E-state index contributed by atoms with van der Waals surface area (Å²) in [5.74, 6) is 0.250. The molecule has 0 fully saturated rings. The van der Waals surface area contributed by atoms with Gasteiger partial charge in [-0.15, -0.1) is 0 Å². The maximum Gasteiger partial charge on any atom is 0.387 e. The van der Waals surface area contributed by atoms with Gasteiger partial charge in [0.15, 0.2) is 0 Å². The van der Waals surface area contributed by atoms with Gasteiger partial charge in [-0.1, -0.05) is 18.2 Å². The largest absolute Gasteiger partial charge is 0.434 e. The average Bonchev–Trinajstić information content (AvgIpc) is 2.43. The van der Waals surface area contributed by atoms with E-state index in [0.29, 0.717) is 12.6 Å². The van der Waals surface area contributed by atoms with E-state index >= 15 is 0 Å². The fourth-order valence-corrected chi connectivity index (χ4v) is 1.95. The van der Waals surface area contributed by atoms with Crippen molar-refractivity contribution in [2.45, 2.75) is 45.9 Å². The van der Waals surface area contributed by atoms with Crippen LogP contribution >= 0.6 is 0 Å². The smallest absolute Gasteiger partial charge is 0.387 e. The van der Waals surface area contributed by atoms with Crippen molar-refractivity contribution in [2.24, 2.45) is 0 Å². The summed E-state index contributed by atoms with van der Waals surface area (Å²) in [6, 6.07) is 7.46. The molecule has 0 amide bonds. The van der Waals surface area contributed by atoms with Crippen LogP contribution < -0.4 is 10.1 Å². The highest BCUT2D eigenvalue weighted by molar-refractivity contribution is 5.33. The molecule has 1 aromatic carbocycles. The fraction of sp³-hybridized carbons (Fsp3) is 0.625. The van der Waals surface area contributed by atoms with Gasteiger partial charge in [0.1, 0.15) is 5.75 Å². The Kier molecular flexibility index (Phi) is 8.23. The van der Waals surface area contributed by atoms with E-state index in [1.54, 1.807) is 18.2 Å². The standard InChI is InChI=1S/C16H26F2N2O/c1-13(2)20(3)11-7-6-10-19-12-14-8-4-5-9-15(14)21-16(17)18/h4-5,8-9,13,16,19H,6-7,10-12H2,1-3H3. The van der Waals surface area contributed by atoms with Crippen LogP contribution in [0.15, 0.2) is 24.3 Å². The molecular formula is C16H26F2N2O. The first kappa shape index (κ1) is 17.9. The van der Waals surface area contributed by atoms with E-state index in [9.17, 15) is 8.78 Å². The number of hydrogen-bond acceptors (Lipinski definition) is 3. The van der Waals surface area contributed by atoms with Crippen molar-refractivity contribution in [2.75, 3.05) is 20.1 Å². The maximum atomic E-state index is 12.3. The first-order valence-corrected chi connectivity index (χ1v) is 7.44. The highest BCUT2D eigenvalue weighted by Crippen LogP contribution is 2.19. The number of alkyl halides is 2. The third kappa shape index (κ3) is 7.39. The van der Waals surface area contributed by atoms with Crippen LogP contribution in [0.3, 0.4) is 0 Å². The molecule has 0 aliphatic rings. The van der Waals surface area contributed by atoms with Crippen LogP contribution in [0.2, 0.25) is 0 Å². The van der Waals surface area contributed by atoms with Crippen LogP contribution in [0.4, 0.5) is 8.78 Å². The van der Waals surface area contributed by atoms with Gasteiger partial charge in [-0.05, 0) is 52.9 Å². The molecule has 0 heterocycles. The number of nitrogens with zero attached hydrogens (tertiary/aromatic N) is 1. The number of hydrogen-bond donors (Lipinski definition) is 1. The van der Waals surface area contributed by atoms with Crippen molar-refractivity contribution in [3.05, 3.63) is 29.8 Å². The normalized spacial score (nSPS) is 11.6. The third-order valence-electron chi connectivity index (χ3n) is 3.50. The van der Waals surface area contributed by atoms with E-state index in [0.717, 1.165) is 31.5 Å².